The predicted molar refractivity (Wildman–Crippen MR) is 131 cm³/mol. The van der Waals surface area contributed by atoms with Gasteiger partial charge in [-0.05, 0) is 59.8 Å². The van der Waals surface area contributed by atoms with Gasteiger partial charge in [0.15, 0.2) is 0 Å². The van der Waals surface area contributed by atoms with E-state index in [1.165, 1.54) is 0 Å². The summed E-state index contributed by atoms with van der Waals surface area (Å²) in [5.74, 6) is -1.53. The summed E-state index contributed by atoms with van der Waals surface area (Å²) in [5.41, 5.74) is 3.36. The summed E-state index contributed by atoms with van der Waals surface area (Å²) in [5, 5.41) is 15.3. The van der Waals surface area contributed by atoms with Crippen LogP contribution in [0.5, 0.6) is 0 Å². The summed E-state index contributed by atoms with van der Waals surface area (Å²) in [6, 6.07) is 15.4. The average Bonchev–Trinajstić information content (AvgIpc) is 3.11. The summed E-state index contributed by atoms with van der Waals surface area (Å²) in [6.45, 7) is 2.07. The van der Waals surface area contributed by atoms with Crippen LogP contribution in [0.3, 0.4) is 0 Å². The van der Waals surface area contributed by atoms with Crippen LogP contribution in [-0.2, 0) is 14.3 Å². The molecule has 184 valence electrons. The van der Waals surface area contributed by atoms with E-state index < -0.39 is 29.6 Å². The molecule has 5 rings (SSSR count). The van der Waals surface area contributed by atoms with Crippen LogP contribution in [0.1, 0.15) is 68.9 Å². The SMILES string of the molecule is CCC[C@H](NC(=O)OCC1c2ccccc2-c2ccccc21)C(=O)NC1(C(=O)O)CC2(CCC2)C1. The monoisotopic (exact) mass is 476 g/mol. The number of fused-ring (bicyclic) bond motifs is 3. The molecule has 0 unspecified atom stereocenters. The Kier molecular flexibility index (Phi) is 6.03. The van der Waals surface area contributed by atoms with E-state index in [1.807, 2.05) is 43.3 Å². The van der Waals surface area contributed by atoms with Gasteiger partial charge in [-0.3, -0.25) is 4.79 Å². The van der Waals surface area contributed by atoms with E-state index in [4.69, 9.17) is 4.74 Å². The molecule has 1 spiro atoms. The fraction of sp³-hybridized carbons (Fsp3) is 0.464. The zero-order valence-corrected chi connectivity index (χ0v) is 20.0. The number of hydrogen-bond donors (Lipinski definition) is 3. The maximum absolute atomic E-state index is 13.0. The van der Waals surface area contributed by atoms with Crippen LogP contribution >= 0.6 is 0 Å². The van der Waals surface area contributed by atoms with E-state index >= 15 is 0 Å². The molecule has 3 N–H and O–H groups in total. The minimum Gasteiger partial charge on any atom is -0.480 e. The fourth-order valence-electron chi connectivity index (χ4n) is 6.21. The Balaban J connectivity index is 1.22. The molecule has 2 aromatic rings. The average molecular weight is 477 g/mol. The van der Waals surface area contributed by atoms with Crippen LogP contribution in [0, 0.1) is 5.41 Å². The van der Waals surface area contributed by atoms with Crippen molar-refractivity contribution in [1.82, 2.24) is 10.6 Å². The number of ether oxygens (including phenoxy) is 1. The number of carbonyl (C=O) groups excluding carboxylic acids is 2. The minimum absolute atomic E-state index is 0.0736. The van der Waals surface area contributed by atoms with Gasteiger partial charge < -0.3 is 20.5 Å². The van der Waals surface area contributed by atoms with Crippen LogP contribution in [0.2, 0.25) is 0 Å². The van der Waals surface area contributed by atoms with E-state index in [-0.39, 0.29) is 17.9 Å². The minimum atomic E-state index is -1.23. The molecule has 0 saturated heterocycles. The van der Waals surface area contributed by atoms with Crippen molar-refractivity contribution in [3.8, 4) is 11.1 Å². The third-order valence-corrected chi connectivity index (χ3v) is 8.07. The first-order valence-electron chi connectivity index (χ1n) is 12.5. The number of aliphatic carboxylic acids is 1. The van der Waals surface area contributed by atoms with Gasteiger partial charge >= 0.3 is 12.1 Å². The molecular formula is C28H32N2O5. The highest BCUT2D eigenvalue weighted by Crippen LogP contribution is 2.60. The Hall–Kier alpha value is -3.35. The number of nitrogens with one attached hydrogen (secondary N) is 2. The molecule has 0 heterocycles. The molecule has 1 atom stereocenters. The van der Waals surface area contributed by atoms with Crippen LogP contribution in [0.25, 0.3) is 11.1 Å². The van der Waals surface area contributed by atoms with Crippen molar-refractivity contribution < 1.29 is 24.2 Å². The quantitative estimate of drug-likeness (QED) is 0.517. The number of benzene rings is 2. The van der Waals surface area contributed by atoms with Crippen molar-refractivity contribution in [3.05, 3.63) is 59.7 Å². The highest BCUT2D eigenvalue weighted by molar-refractivity contribution is 5.92. The second kappa shape index (κ2) is 9.02. The Morgan fingerprint density at radius 2 is 1.63 bits per heavy atom. The van der Waals surface area contributed by atoms with Crippen molar-refractivity contribution in [2.45, 2.75) is 69.4 Å². The summed E-state index contributed by atoms with van der Waals surface area (Å²) in [7, 11) is 0. The first-order chi connectivity index (χ1) is 16.9. The largest absolute Gasteiger partial charge is 0.480 e. The molecule has 0 aromatic heterocycles. The molecule has 3 aliphatic rings. The number of carbonyl (C=O) groups is 3. The normalized spacial score (nSPS) is 19.5. The van der Waals surface area contributed by atoms with Crippen LogP contribution in [0.15, 0.2) is 48.5 Å². The van der Waals surface area contributed by atoms with Crippen LogP contribution < -0.4 is 10.6 Å². The van der Waals surface area contributed by atoms with Gasteiger partial charge in [-0.2, -0.15) is 0 Å². The van der Waals surface area contributed by atoms with Crippen LogP contribution in [0.4, 0.5) is 4.79 Å². The molecule has 3 aliphatic carbocycles. The fourth-order valence-corrected chi connectivity index (χ4v) is 6.21. The molecule has 7 heteroatoms. The molecule has 0 aliphatic heterocycles. The Labute approximate surface area is 205 Å². The van der Waals surface area contributed by atoms with Gasteiger partial charge in [0.25, 0.3) is 0 Å². The molecule has 2 fully saturated rings. The van der Waals surface area contributed by atoms with E-state index in [0.717, 1.165) is 41.5 Å². The molecule has 0 radical (unpaired) electrons. The predicted octanol–water partition coefficient (Wildman–Crippen LogP) is 4.60. The number of rotatable bonds is 8. The molecular weight excluding hydrogens is 444 g/mol. The molecule has 2 amide bonds. The lowest BCUT2D eigenvalue weighted by atomic mass is 9.48. The smallest absolute Gasteiger partial charge is 0.407 e. The van der Waals surface area contributed by atoms with E-state index in [2.05, 4.69) is 22.8 Å². The van der Waals surface area contributed by atoms with E-state index in [1.54, 1.807) is 0 Å². The van der Waals surface area contributed by atoms with Gasteiger partial charge in [0.1, 0.15) is 18.2 Å². The summed E-state index contributed by atoms with van der Waals surface area (Å²) in [4.78, 5) is 37.8. The zero-order valence-electron chi connectivity index (χ0n) is 20.0. The molecule has 2 saturated carbocycles. The van der Waals surface area contributed by atoms with Gasteiger partial charge in [0, 0.05) is 5.92 Å². The van der Waals surface area contributed by atoms with Crippen molar-refractivity contribution in [2.75, 3.05) is 6.61 Å². The number of hydrogen-bond acceptors (Lipinski definition) is 4. The highest BCUT2D eigenvalue weighted by atomic mass is 16.5. The third-order valence-electron chi connectivity index (χ3n) is 8.07. The lowest BCUT2D eigenvalue weighted by Crippen LogP contribution is -2.69. The number of amides is 2. The second-order valence-electron chi connectivity index (χ2n) is 10.4. The molecule has 0 bridgehead atoms. The topological polar surface area (TPSA) is 105 Å². The maximum Gasteiger partial charge on any atom is 0.407 e. The van der Waals surface area contributed by atoms with E-state index in [0.29, 0.717) is 25.7 Å². The number of carboxylic acid groups (broad SMARTS) is 1. The number of carboxylic acids is 1. The van der Waals surface area contributed by atoms with Crippen molar-refractivity contribution >= 4 is 18.0 Å². The summed E-state index contributed by atoms with van der Waals surface area (Å²) in [6.07, 6.45) is 4.47. The third kappa shape index (κ3) is 4.17. The van der Waals surface area contributed by atoms with Gasteiger partial charge in [-0.25, -0.2) is 9.59 Å². The van der Waals surface area contributed by atoms with Crippen molar-refractivity contribution in [3.63, 3.8) is 0 Å². The molecule has 2 aromatic carbocycles. The van der Waals surface area contributed by atoms with Crippen molar-refractivity contribution in [2.24, 2.45) is 5.41 Å². The molecule has 7 nitrogen and oxygen atoms in total. The molecule has 35 heavy (non-hydrogen) atoms. The first-order valence-corrected chi connectivity index (χ1v) is 12.5. The second-order valence-corrected chi connectivity index (χ2v) is 10.4. The first kappa shape index (κ1) is 23.4. The standard InChI is InChI=1S/C28H32N2O5/c1-2-8-23(24(31)30-28(25(32)33)16-27(17-28)13-7-14-27)29-26(34)35-15-22-20-11-5-3-9-18(20)19-10-4-6-12-21(19)22/h3-6,9-12,22-23H,2,7-8,13-17H2,1H3,(H,29,34)(H,30,31)(H,32,33)/t23-/m0/s1. The zero-order chi connectivity index (χ0) is 24.6. The van der Waals surface area contributed by atoms with Gasteiger partial charge in [0.2, 0.25) is 5.91 Å². The maximum atomic E-state index is 13.0. The van der Waals surface area contributed by atoms with Gasteiger partial charge in [-0.15, -0.1) is 0 Å². The van der Waals surface area contributed by atoms with Crippen molar-refractivity contribution in [1.29, 1.82) is 0 Å². The number of alkyl carbamates (subject to hydrolysis) is 1. The van der Waals surface area contributed by atoms with Gasteiger partial charge in [0.05, 0.1) is 0 Å². The van der Waals surface area contributed by atoms with Crippen LogP contribution in [-0.4, -0.2) is 41.3 Å². The van der Waals surface area contributed by atoms with Gasteiger partial charge in [-0.1, -0.05) is 68.3 Å². The lowest BCUT2D eigenvalue weighted by Gasteiger charge is -2.59. The van der Waals surface area contributed by atoms with E-state index in [9.17, 15) is 19.5 Å². The Morgan fingerprint density at radius 1 is 1.03 bits per heavy atom. The Bertz CT molecular complexity index is 1100. The highest BCUT2D eigenvalue weighted by Gasteiger charge is 2.62. The summed E-state index contributed by atoms with van der Waals surface area (Å²) < 4.78 is 5.60. The lowest BCUT2D eigenvalue weighted by molar-refractivity contribution is -0.166. The summed E-state index contributed by atoms with van der Waals surface area (Å²) >= 11 is 0. The Morgan fingerprint density at radius 3 is 2.14 bits per heavy atom.